The summed E-state index contributed by atoms with van der Waals surface area (Å²) in [5.41, 5.74) is 2.01. The molecule has 3 aromatic rings. The van der Waals surface area contributed by atoms with Crippen molar-refractivity contribution in [2.45, 2.75) is 25.8 Å². The van der Waals surface area contributed by atoms with Crippen LogP contribution in [0.5, 0.6) is 0 Å². The van der Waals surface area contributed by atoms with Gasteiger partial charge in [0, 0.05) is 37.3 Å². The highest BCUT2D eigenvalue weighted by Crippen LogP contribution is 2.35. The standard InChI is InChI=1S/C20H21N7O2/c1-13-17(19(29)24-15-7-2-3-10-22-15)18(14-6-4-9-21-12-14)27-20(23-13)25-16(26-27)8-5-11-28/h2-4,6-7,9-10,12,18,28H,5,8,11H2,1H3,(H,22,24,29)(H,23,25,26). The Morgan fingerprint density at radius 1 is 1.28 bits per heavy atom. The summed E-state index contributed by atoms with van der Waals surface area (Å²) in [6.45, 7) is 1.90. The molecule has 0 aliphatic carbocycles. The number of pyridine rings is 2. The first-order valence-corrected chi connectivity index (χ1v) is 9.33. The van der Waals surface area contributed by atoms with E-state index in [4.69, 9.17) is 5.11 Å². The highest BCUT2D eigenvalue weighted by Gasteiger charge is 2.34. The normalized spacial score (nSPS) is 15.6. The van der Waals surface area contributed by atoms with Gasteiger partial charge in [0.2, 0.25) is 5.95 Å². The smallest absolute Gasteiger partial charge is 0.257 e. The van der Waals surface area contributed by atoms with Crippen LogP contribution < -0.4 is 10.6 Å². The van der Waals surface area contributed by atoms with Gasteiger partial charge in [-0.25, -0.2) is 9.67 Å². The number of aromatic nitrogens is 5. The molecule has 0 saturated carbocycles. The van der Waals surface area contributed by atoms with Gasteiger partial charge in [0.05, 0.1) is 5.57 Å². The van der Waals surface area contributed by atoms with Gasteiger partial charge in [-0.1, -0.05) is 12.1 Å². The summed E-state index contributed by atoms with van der Waals surface area (Å²) in [5, 5.41) is 19.7. The zero-order valence-corrected chi connectivity index (χ0v) is 15.9. The summed E-state index contributed by atoms with van der Waals surface area (Å²) in [6, 6.07) is 8.57. The number of nitrogens with one attached hydrogen (secondary N) is 2. The molecule has 3 aromatic heterocycles. The third kappa shape index (κ3) is 3.85. The molecule has 4 rings (SSSR count). The molecule has 1 amide bonds. The van der Waals surface area contributed by atoms with E-state index >= 15 is 0 Å². The number of rotatable bonds is 6. The van der Waals surface area contributed by atoms with Crippen LogP contribution in [0.3, 0.4) is 0 Å². The second-order valence-corrected chi connectivity index (χ2v) is 6.65. The van der Waals surface area contributed by atoms with Crippen LogP contribution in [-0.2, 0) is 11.2 Å². The van der Waals surface area contributed by atoms with E-state index in [9.17, 15) is 4.79 Å². The van der Waals surface area contributed by atoms with Crippen LogP contribution in [0, 0.1) is 0 Å². The van der Waals surface area contributed by atoms with Crippen LogP contribution in [0.25, 0.3) is 0 Å². The lowest BCUT2D eigenvalue weighted by Crippen LogP contribution is -2.31. The van der Waals surface area contributed by atoms with Gasteiger partial charge in [-0.3, -0.25) is 9.78 Å². The van der Waals surface area contributed by atoms with Crippen LogP contribution in [0.4, 0.5) is 11.8 Å². The van der Waals surface area contributed by atoms with Crippen molar-refractivity contribution in [1.29, 1.82) is 0 Å². The van der Waals surface area contributed by atoms with Gasteiger partial charge in [-0.2, -0.15) is 10.1 Å². The van der Waals surface area contributed by atoms with Crippen LogP contribution >= 0.6 is 0 Å². The average Bonchev–Trinajstić information content (AvgIpc) is 3.14. The SMILES string of the molecule is CC1=C(C(=O)Nc2ccccn2)C(c2cccnc2)n2nc(CCCO)nc2N1. The molecule has 0 bridgehead atoms. The number of carbonyl (C=O) groups is 1. The van der Waals surface area contributed by atoms with Crippen molar-refractivity contribution in [3.8, 4) is 0 Å². The number of aliphatic hydroxyl groups is 1. The lowest BCUT2D eigenvalue weighted by Gasteiger charge is -2.28. The first-order valence-electron chi connectivity index (χ1n) is 9.33. The molecule has 1 aliphatic heterocycles. The number of carbonyl (C=O) groups excluding carboxylic acids is 1. The van der Waals surface area contributed by atoms with Gasteiger partial charge in [0.15, 0.2) is 5.82 Å². The molecule has 1 unspecified atom stereocenters. The second kappa shape index (κ2) is 8.19. The molecule has 0 saturated heterocycles. The summed E-state index contributed by atoms with van der Waals surface area (Å²) in [7, 11) is 0. The fourth-order valence-corrected chi connectivity index (χ4v) is 3.30. The van der Waals surface area contributed by atoms with E-state index in [-0.39, 0.29) is 12.5 Å². The fourth-order valence-electron chi connectivity index (χ4n) is 3.30. The third-order valence-electron chi connectivity index (χ3n) is 4.61. The summed E-state index contributed by atoms with van der Waals surface area (Å²) in [4.78, 5) is 26.1. The Kier molecular flexibility index (Phi) is 5.30. The van der Waals surface area contributed by atoms with E-state index in [0.29, 0.717) is 41.7 Å². The van der Waals surface area contributed by atoms with E-state index < -0.39 is 6.04 Å². The van der Waals surface area contributed by atoms with E-state index in [2.05, 4.69) is 30.7 Å². The summed E-state index contributed by atoms with van der Waals surface area (Å²) >= 11 is 0. The minimum atomic E-state index is -0.487. The summed E-state index contributed by atoms with van der Waals surface area (Å²) < 4.78 is 1.70. The molecule has 4 heterocycles. The Bertz CT molecular complexity index is 1030. The van der Waals surface area contributed by atoms with Crippen LogP contribution in [0.1, 0.15) is 30.8 Å². The Labute approximate surface area is 167 Å². The quantitative estimate of drug-likeness (QED) is 0.587. The Morgan fingerprint density at radius 2 is 2.17 bits per heavy atom. The molecule has 0 aromatic carbocycles. The van der Waals surface area contributed by atoms with Crippen LogP contribution in [0.2, 0.25) is 0 Å². The first-order chi connectivity index (χ1) is 14.2. The number of hydrogen-bond acceptors (Lipinski definition) is 7. The van der Waals surface area contributed by atoms with E-state index in [1.807, 2.05) is 25.1 Å². The number of aliphatic hydroxyl groups excluding tert-OH is 1. The van der Waals surface area contributed by atoms with Gasteiger partial charge in [0.25, 0.3) is 5.91 Å². The van der Waals surface area contributed by atoms with E-state index in [1.165, 1.54) is 0 Å². The molecule has 0 radical (unpaired) electrons. The molecule has 9 heteroatoms. The summed E-state index contributed by atoms with van der Waals surface area (Å²) in [5.74, 6) is 1.35. The molecular weight excluding hydrogens is 370 g/mol. The minimum absolute atomic E-state index is 0.0678. The topological polar surface area (TPSA) is 118 Å². The second-order valence-electron chi connectivity index (χ2n) is 6.65. The summed E-state index contributed by atoms with van der Waals surface area (Å²) in [6.07, 6.45) is 6.14. The minimum Gasteiger partial charge on any atom is -0.396 e. The van der Waals surface area contributed by atoms with Gasteiger partial charge >= 0.3 is 0 Å². The van der Waals surface area contributed by atoms with Crippen molar-refractivity contribution < 1.29 is 9.90 Å². The van der Waals surface area contributed by atoms with Crippen molar-refractivity contribution in [1.82, 2.24) is 24.7 Å². The van der Waals surface area contributed by atoms with Gasteiger partial charge < -0.3 is 15.7 Å². The molecule has 3 N–H and O–H groups in total. The third-order valence-corrected chi connectivity index (χ3v) is 4.61. The molecule has 9 nitrogen and oxygen atoms in total. The molecule has 148 valence electrons. The highest BCUT2D eigenvalue weighted by molar-refractivity contribution is 6.05. The Hall–Kier alpha value is -3.59. The maximum Gasteiger partial charge on any atom is 0.257 e. The number of hydrogen-bond donors (Lipinski definition) is 3. The highest BCUT2D eigenvalue weighted by atomic mass is 16.3. The fraction of sp³-hybridized carbons (Fsp3) is 0.250. The number of amides is 1. The average molecular weight is 391 g/mol. The van der Waals surface area contributed by atoms with Gasteiger partial charge in [-0.05, 0) is 37.1 Å². The van der Waals surface area contributed by atoms with E-state index in [0.717, 1.165) is 5.56 Å². The molecule has 1 atom stereocenters. The van der Waals surface area contributed by atoms with Crippen molar-refractivity contribution in [2.24, 2.45) is 0 Å². The number of fused-ring (bicyclic) bond motifs is 1. The lowest BCUT2D eigenvalue weighted by atomic mass is 9.96. The number of allylic oxidation sites excluding steroid dienone is 1. The molecule has 1 aliphatic rings. The first kappa shape index (κ1) is 18.8. The molecular formula is C20H21N7O2. The molecule has 0 fully saturated rings. The van der Waals surface area contributed by atoms with E-state index in [1.54, 1.807) is 35.4 Å². The van der Waals surface area contributed by atoms with Crippen molar-refractivity contribution in [2.75, 3.05) is 17.2 Å². The van der Waals surface area contributed by atoms with Crippen molar-refractivity contribution >= 4 is 17.7 Å². The van der Waals surface area contributed by atoms with Crippen LogP contribution in [0.15, 0.2) is 60.2 Å². The van der Waals surface area contributed by atoms with Crippen molar-refractivity contribution in [3.05, 3.63) is 71.6 Å². The molecule has 0 spiro atoms. The molecule has 29 heavy (non-hydrogen) atoms. The predicted octanol–water partition coefficient (Wildman–Crippen LogP) is 1.92. The van der Waals surface area contributed by atoms with Crippen LogP contribution in [-0.4, -0.2) is 42.4 Å². The number of aryl methyl sites for hydroxylation is 1. The maximum absolute atomic E-state index is 13.2. The van der Waals surface area contributed by atoms with Gasteiger partial charge in [0.1, 0.15) is 11.9 Å². The Balaban J connectivity index is 1.74. The predicted molar refractivity (Wildman–Crippen MR) is 107 cm³/mol. The maximum atomic E-state index is 13.2. The van der Waals surface area contributed by atoms with Crippen molar-refractivity contribution in [3.63, 3.8) is 0 Å². The zero-order chi connectivity index (χ0) is 20.2. The zero-order valence-electron chi connectivity index (χ0n) is 15.9. The lowest BCUT2D eigenvalue weighted by molar-refractivity contribution is -0.113. The monoisotopic (exact) mass is 391 g/mol. The number of anilines is 2. The largest absolute Gasteiger partial charge is 0.396 e. The van der Waals surface area contributed by atoms with Gasteiger partial charge in [-0.15, -0.1) is 0 Å². The number of nitrogens with zero attached hydrogens (tertiary/aromatic N) is 5. The Morgan fingerprint density at radius 3 is 2.90 bits per heavy atom.